The van der Waals surface area contributed by atoms with Gasteiger partial charge in [-0.1, -0.05) is 121 Å². The predicted octanol–water partition coefficient (Wildman–Crippen LogP) is 11.5. The SMILES string of the molecule is c1ccc(-c2cccc(-c3c4ccccc4c(-c4cc5ccc6cccc7oc(c4)c5c67)c4ccccc34)c2)cc1. The van der Waals surface area contributed by atoms with Crippen molar-refractivity contribution in [2.24, 2.45) is 0 Å². The molecule has 1 heterocycles. The van der Waals surface area contributed by atoms with Gasteiger partial charge < -0.3 is 4.42 Å². The van der Waals surface area contributed by atoms with Crippen molar-refractivity contribution in [3.8, 4) is 33.4 Å². The highest BCUT2D eigenvalue weighted by molar-refractivity contribution is 6.25. The molecular weight excluding hydrogens is 496 g/mol. The quantitative estimate of drug-likeness (QED) is 0.167. The van der Waals surface area contributed by atoms with Crippen molar-refractivity contribution < 1.29 is 4.42 Å². The van der Waals surface area contributed by atoms with E-state index in [1.165, 1.54) is 76.5 Å². The molecule has 8 aromatic carbocycles. The van der Waals surface area contributed by atoms with E-state index in [9.17, 15) is 0 Å². The van der Waals surface area contributed by atoms with Gasteiger partial charge in [-0.2, -0.15) is 0 Å². The third-order valence-electron chi connectivity index (χ3n) is 8.58. The Labute approximate surface area is 237 Å². The zero-order chi connectivity index (χ0) is 26.9. The Hall–Kier alpha value is -5.40. The molecule has 0 saturated carbocycles. The second kappa shape index (κ2) is 8.55. The van der Waals surface area contributed by atoms with Gasteiger partial charge in [0.15, 0.2) is 0 Å². The Kier molecular flexibility index (Phi) is 4.67. The van der Waals surface area contributed by atoms with Gasteiger partial charge in [0.05, 0.1) is 0 Å². The van der Waals surface area contributed by atoms with E-state index >= 15 is 0 Å². The molecule has 0 spiro atoms. The molecule has 41 heavy (non-hydrogen) atoms. The molecule has 1 nitrogen and oxygen atoms in total. The van der Waals surface area contributed by atoms with Crippen LogP contribution in [0.3, 0.4) is 0 Å². The summed E-state index contributed by atoms with van der Waals surface area (Å²) in [6.45, 7) is 0. The summed E-state index contributed by atoms with van der Waals surface area (Å²) in [6, 6.07) is 52.6. The predicted molar refractivity (Wildman–Crippen MR) is 174 cm³/mol. The largest absolute Gasteiger partial charge is 0.456 e. The third kappa shape index (κ3) is 3.30. The Morgan fingerprint density at radius 1 is 0.317 bits per heavy atom. The van der Waals surface area contributed by atoms with E-state index < -0.39 is 0 Å². The fourth-order valence-electron chi connectivity index (χ4n) is 6.83. The molecule has 1 heteroatoms. The van der Waals surface area contributed by atoms with E-state index in [2.05, 4.69) is 146 Å². The number of hydrogen-bond acceptors (Lipinski definition) is 1. The molecule has 0 unspecified atom stereocenters. The van der Waals surface area contributed by atoms with Gasteiger partial charge in [-0.05, 0) is 90.0 Å². The van der Waals surface area contributed by atoms with E-state index in [1.807, 2.05) is 0 Å². The molecule has 1 aromatic heterocycles. The van der Waals surface area contributed by atoms with Crippen LogP contribution >= 0.6 is 0 Å². The van der Waals surface area contributed by atoms with E-state index in [0.717, 1.165) is 11.2 Å². The molecule has 190 valence electrons. The highest BCUT2D eigenvalue weighted by Gasteiger charge is 2.19. The lowest BCUT2D eigenvalue weighted by molar-refractivity contribution is 0.669. The minimum absolute atomic E-state index is 0.942. The van der Waals surface area contributed by atoms with Crippen LogP contribution in [0.5, 0.6) is 0 Å². The first-order valence-corrected chi connectivity index (χ1v) is 14.1. The standard InChI is InChI=1S/C40H24O/c1-2-10-25(11-3-1)27-13-8-14-28(22-27)37-31-15-4-6-17-33(31)38(34-18-7-5-16-32(34)37)30-23-29-21-20-26-12-9-19-35-39(26)40(29)36(24-30)41-35/h1-24H. The van der Waals surface area contributed by atoms with E-state index in [4.69, 9.17) is 4.42 Å². The maximum atomic E-state index is 6.45. The number of rotatable bonds is 3. The topological polar surface area (TPSA) is 13.1 Å². The molecule has 0 amide bonds. The Morgan fingerprint density at radius 2 is 0.878 bits per heavy atom. The molecular formula is C40H24O. The van der Waals surface area contributed by atoms with Crippen LogP contribution in [0.2, 0.25) is 0 Å². The second-order valence-electron chi connectivity index (χ2n) is 10.9. The van der Waals surface area contributed by atoms with E-state index in [-0.39, 0.29) is 0 Å². The van der Waals surface area contributed by atoms with Crippen molar-refractivity contribution in [1.82, 2.24) is 0 Å². The Balaban J connectivity index is 1.37. The maximum absolute atomic E-state index is 6.45. The molecule has 0 radical (unpaired) electrons. The lowest BCUT2D eigenvalue weighted by atomic mass is 9.85. The molecule has 0 bridgehead atoms. The molecule has 0 fully saturated rings. The minimum atomic E-state index is 0.942. The van der Waals surface area contributed by atoms with E-state index in [1.54, 1.807) is 0 Å². The van der Waals surface area contributed by atoms with Crippen molar-refractivity contribution >= 4 is 54.3 Å². The first kappa shape index (κ1) is 22.4. The number of furan rings is 1. The first-order valence-electron chi connectivity index (χ1n) is 14.1. The zero-order valence-corrected chi connectivity index (χ0v) is 22.3. The fourth-order valence-corrected chi connectivity index (χ4v) is 6.83. The zero-order valence-electron chi connectivity index (χ0n) is 22.3. The van der Waals surface area contributed by atoms with Gasteiger partial charge in [0, 0.05) is 10.8 Å². The van der Waals surface area contributed by atoms with Crippen molar-refractivity contribution in [3.05, 3.63) is 146 Å². The average molecular weight is 521 g/mol. The molecule has 0 atom stereocenters. The first-order chi connectivity index (χ1) is 20.3. The highest BCUT2D eigenvalue weighted by atomic mass is 16.3. The molecule has 9 aromatic rings. The molecule has 0 saturated heterocycles. The lowest BCUT2D eigenvalue weighted by Gasteiger charge is -2.18. The Morgan fingerprint density at radius 3 is 1.61 bits per heavy atom. The van der Waals surface area contributed by atoms with Crippen LogP contribution in [0.15, 0.2) is 150 Å². The van der Waals surface area contributed by atoms with Gasteiger partial charge in [0.1, 0.15) is 11.2 Å². The third-order valence-corrected chi connectivity index (χ3v) is 8.58. The normalized spacial score (nSPS) is 11.9. The van der Waals surface area contributed by atoms with Crippen LogP contribution in [0.4, 0.5) is 0 Å². The lowest BCUT2D eigenvalue weighted by Crippen LogP contribution is -1.91. The molecule has 9 rings (SSSR count). The summed E-state index contributed by atoms with van der Waals surface area (Å²) in [7, 11) is 0. The van der Waals surface area contributed by atoms with Gasteiger partial charge in [0.2, 0.25) is 0 Å². The minimum Gasteiger partial charge on any atom is -0.456 e. The van der Waals surface area contributed by atoms with Gasteiger partial charge in [-0.15, -0.1) is 0 Å². The summed E-state index contributed by atoms with van der Waals surface area (Å²) in [5.41, 5.74) is 9.26. The monoisotopic (exact) mass is 520 g/mol. The van der Waals surface area contributed by atoms with Gasteiger partial charge in [0.25, 0.3) is 0 Å². The van der Waals surface area contributed by atoms with E-state index in [0.29, 0.717) is 0 Å². The van der Waals surface area contributed by atoms with Crippen molar-refractivity contribution in [1.29, 1.82) is 0 Å². The van der Waals surface area contributed by atoms with Crippen LogP contribution in [0.1, 0.15) is 0 Å². The van der Waals surface area contributed by atoms with Crippen LogP contribution in [0, 0.1) is 0 Å². The molecule has 0 N–H and O–H groups in total. The molecule has 0 aliphatic rings. The fraction of sp³-hybridized carbons (Fsp3) is 0. The average Bonchev–Trinajstić information content (AvgIpc) is 3.42. The van der Waals surface area contributed by atoms with Crippen molar-refractivity contribution in [3.63, 3.8) is 0 Å². The van der Waals surface area contributed by atoms with Crippen molar-refractivity contribution in [2.45, 2.75) is 0 Å². The molecule has 0 aliphatic carbocycles. The van der Waals surface area contributed by atoms with Crippen molar-refractivity contribution in [2.75, 3.05) is 0 Å². The summed E-state index contributed by atoms with van der Waals surface area (Å²) in [6.07, 6.45) is 0. The number of fused-ring (bicyclic) bond motifs is 2. The number of hydrogen-bond donors (Lipinski definition) is 0. The van der Waals surface area contributed by atoms with Crippen LogP contribution in [-0.2, 0) is 0 Å². The maximum Gasteiger partial charge on any atom is 0.136 e. The van der Waals surface area contributed by atoms with Gasteiger partial charge in [-0.3, -0.25) is 0 Å². The summed E-state index contributed by atoms with van der Waals surface area (Å²) >= 11 is 0. The Bertz CT molecular complexity index is 2350. The summed E-state index contributed by atoms with van der Waals surface area (Å²) in [4.78, 5) is 0. The smallest absolute Gasteiger partial charge is 0.136 e. The van der Waals surface area contributed by atoms with Gasteiger partial charge >= 0.3 is 0 Å². The van der Waals surface area contributed by atoms with Crippen LogP contribution in [0.25, 0.3) is 87.6 Å². The summed E-state index contributed by atoms with van der Waals surface area (Å²) < 4.78 is 6.45. The van der Waals surface area contributed by atoms with Crippen LogP contribution in [-0.4, -0.2) is 0 Å². The molecule has 0 aliphatic heterocycles. The summed E-state index contributed by atoms with van der Waals surface area (Å²) in [5.74, 6) is 0. The summed E-state index contributed by atoms with van der Waals surface area (Å²) in [5, 5.41) is 9.86. The van der Waals surface area contributed by atoms with Gasteiger partial charge in [-0.25, -0.2) is 0 Å². The number of benzene rings is 8. The second-order valence-corrected chi connectivity index (χ2v) is 10.9. The van der Waals surface area contributed by atoms with Crippen LogP contribution < -0.4 is 0 Å². The highest BCUT2D eigenvalue weighted by Crippen LogP contribution is 2.46.